The molecule has 3 aromatic carbocycles. The highest BCUT2D eigenvalue weighted by Gasteiger charge is 2.24. The fraction of sp³-hybridized carbons (Fsp3) is 0.0833. The fourth-order valence-electron chi connectivity index (χ4n) is 2.95. The van der Waals surface area contributed by atoms with Crippen molar-refractivity contribution in [1.29, 1.82) is 0 Å². The molecule has 0 N–H and O–H groups in total. The fourth-order valence-corrected chi connectivity index (χ4v) is 3.08. The SMILES string of the molecule is COc1ccc(/C=C2\N=C(c3ccc(Cl)cc3)OC2=O)cc1OCc1ccccc1F. The summed E-state index contributed by atoms with van der Waals surface area (Å²) in [5.74, 6) is 0.191. The van der Waals surface area contributed by atoms with Crippen molar-refractivity contribution in [3.63, 3.8) is 0 Å². The Labute approximate surface area is 183 Å². The maximum absolute atomic E-state index is 13.9. The summed E-state index contributed by atoms with van der Waals surface area (Å²) < 4.78 is 30.2. The number of esters is 1. The van der Waals surface area contributed by atoms with Crippen LogP contribution in [0.25, 0.3) is 6.08 Å². The third-order valence-electron chi connectivity index (χ3n) is 4.54. The molecule has 0 aliphatic carbocycles. The van der Waals surface area contributed by atoms with Crippen LogP contribution in [0.15, 0.2) is 77.4 Å². The number of aliphatic imine (C=N–C) groups is 1. The van der Waals surface area contributed by atoms with Crippen molar-refractivity contribution >= 4 is 29.5 Å². The monoisotopic (exact) mass is 437 g/mol. The second-order valence-corrected chi connectivity index (χ2v) is 7.07. The van der Waals surface area contributed by atoms with E-state index in [-0.39, 0.29) is 24.0 Å². The number of cyclic esters (lactones) is 1. The average molecular weight is 438 g/mol. The third kappa shape index (κ3) is 4.75. The predicted octanol–water partition coefficient (Wildman–Crippen LogP) is 5.41. The number of rotatable bonds is 6. The van der Waals surface area contributed by atoms with Crippen molar-refractivity contribution in [3.8, 4) is 11.5 Å². The van der Waals surface area contributed by atoms with Gasteiger partial charge in [-0.1, -0.05) is 35.9 Å². The van der Waals surface area contributed by atoms with E-state index in [0.29, 0.717) is 33.2 Å². The van der Waals surface area contributed by atoms with Crippen LogP contribution in [-0.4, -0.2) is 19.0 Å². The molecular weight excluding hydrogens is 421 g/mol. The molecule has 1 heterocycles. The second kappa shape index (κ2) is 9.02. The summed E-state index contributed by atoms with van der Waals surface area (Å²) in [6.07, 6.45) is 1.58. The lowest BCUT2D eigenvalue weighted by Gasteiger charge is -2.12. The van der Waals surface area contributed by atoms with Gasteiger partial charge in [0.2, 0.25) is 5.90 Å². The standard InChI is InChI=1S/C24H17ClFNO4/c1-29-21-11-6-15(13-22(21)30-14-17-4-2-3-5-19(17)26)12-20-24(28)31-23(27-20)16-7-9-18(25)10-8-16/h2-13H,14H2,1H3/b20-12-. The molecule has 4 rings (SSSR count). The Morgan fingerprint density at radius 2 is 1.84 bits per heavy atom. The Morgan fingerprint density at radius 1 is 1.06 bits per heavy atom. The Hall–Kier alpha value is -3.64. The molecule has 1 aliphatic rings. The summed E-state index contributed by atoms with van der Waals surface area (Å²) >= 11 is 5.89. The molecule has 0 amide bonds. The van der Waals surface area contributed by atoms with E-state index >= 15 is 0 Å². The van der Waals surface area contributed by atoms with Gasteiger partial charge in [-0.2, -0.15) is 0 Å². The highest BCUT2D eigenvalue weighted by Crippen LogP contribution is 2.31. The highest BCUT2D eigenvalue weighted by atomic mass is 35.5. The highest BCUT2D eigenvalue weighted by molar-refractivity contribution is 6.30. The van der Waals surface area contributed by atoms with Gasteiger partial charge in [0, 0.05) is 16.1 Å². The molecule has 5 nitrogen and oxygen atoms in total. The van der Waals surface area contributed by atoms with Gasteiger partial charge in [-0.15, -0.1) is 0 Å². The third-order valence-corrected chi connectivity index (χ3v) is 4.80. The number of methoxy groups -OCH3 is 1. The van der Waals surface area contributed by atoms with Crippen LogP contribution in [0.2, 0.25) is 5.02 Å². The predicted molar refractivity (Wildman–Crippen MR) is 116 cm³/mol. The van der Waals surface area contributed by atoms with Gasteiger partial charge in [0.1, 0.15) is 12.4 Å². The summed E-state index contributed by atoms with van der Waals surface area (Å²) in [5, 5.41) is 0.575. The van der Waals surface area contributed by atoms with Gasteiger partial charge in [-0.3, -0.25) is 0 Å². The Morgan fingerprint density at radius 3 is 2.58 bits per heavy atom. The summed E-state index contributed by atoms with van der Waals surface area (Å²) in [4.78, 5) is 16.5. The molecule has 0 radical (unpaired) electrons. The van der Waals surface area contributed by atoms with Crippen molar-refractivity contribution in [2.75, 3.05) is 7.11 Å². The molecule has 3 aromatic rings. The van der Waals surface area contributed by atoms with Gasteiger partial charge in [0.25, 0.3) is 0 Å². The van der Waals surface area contributed by atoms with E-state index in [9.17, 15) is 9.18 Å². The molecule has 0 aromatic heterocycles. The van der Waals surface area contributed by atoms with E-state index in [1.54, 1.807) is 66.7 Å². The zero-order valence-electron chi connectivity index (χ0n) is 16.5. The molecule has 0 atom stereocenters. The lowest BCUT2D eigenvalue weighted by molar-refractivity contribution is -0.129. The van der Waals surface area contributed by atoms with Gasteiger partial charge >= 0.3 is 5.97 Å². The first kappa shape index (κ1) is 20.6. The van der Waals surface area contributed by atoms with E-state index in [4.69, 9.17) is 25.8 Å². The first-order valence-corrected chi connectivity index (χ1v) is 9.74. The zero-order chi connectivity index (χ0) is 21.8. The first-order valence-electron chi connectivity index (χ1n) is 9.36. The summed E-state index contributed by atoms with van der Waals surface area (Å²) in [5.41, 5.74) is 1.86. The molecule has 0 fully saturated rings. The van der Waals surface area contributed by atoms with Gasteiger partial charge in [0.05, 0.1) is 7.11 Å². The zero-order valence-corrected chi connectivity index (χ0v) is 17.2. The molecule has 31 heavy (non-hydrogen) atoms. The van der Waals surface area contributed by atoms with Gasteiger partial charge in [0.15, 0.2) is 17.2 Å². The van der Waals surface area contributed by atoms with Crippen molar-refractivity contribution in [3.05, 3.63) is 100.0 Å². The smallest absolute Gasteiger partial charge is 0.363 e. The summed E-state index contributed by atoms with van der Waals surface area (Å²) in [6.45, 7) is 0.0317. The minimum absolute atomic E-state index is 0.0317. The van der Waals surface area contributed by atoms with Crippen LogP contribution >= 0.6 is 11.6 Å². The average Bonchev–Trinajstić information content (AvgIpc) is 3.14. The van der Waals surface area contributed by atoms with Crippen LogP contribution in [0, 0.1) is 5.82 Å². The Bertz CT molecular complexity index is 1190. The molecule has 7 heteroatoms. The number of hydrogen-bond acceptors (Lipinski definition) is 5. The van der Waals surface area contributed by atoms with Crippen molar-refractivity contribution in [1.82, 2.24) is 0 Å². The molecule has 1 aliphatic heterocycles. The number of benzene rings is 3. The number of nitrogens with zero attached hydrogens (tertiary/aromatic N) is 1. The Kier molecular flexibility index (Phi) is 6.00. The van der Waals surface area contributed by atoms with Crippen LogP contribution in [0.4, 0.5) is 4.39 Å². The van der Waals surface area contributed by atoms with Crippen molar-refractivity contribution in [2.24, 2.45) is 4.99 Å². The maximum atomic E-state index is 13.9. The van der Waals surface area contributed by atoms with E-state index in [2.05, 4.69) is 4.99 Å². The van der Waals surface area contributed by atoms with Crippen molar-refractivity contribution < 1.29 is 23.4 Å². The molecule has 0 bridgehead atoms. The number of carbonyl (C=O) groups is 1. The lowest BCUT2D eigenvalue weighted by atomic mass is 10.1. The maximum Gasteiger partial charge on any atom is 0.363 e. The first-order chi connectivity index (χ1) is 15.0. The number of ether oxygens (including phenoxy) is 3. The number of hydrogen-bond donors (Lipinski definition) is 0. The van der Waals surface area contributed by atoms with Crippen LogP contribution < -0.4 is 9.47 Å². The van der Waals surface area contributed by atoms with Crippen LogP contribution in [0.3, 0.4) is 0 Å². The van der Waals surface area contributed by atoms with Crippen LogP contribution in [0.1, 0.15) is 16.7 Å². The van der Waals surface area contributed by atoms with Crippen molar-refractivity contribution in [2.45, 2.75) is 6.61 Å². The van der Waals surface area contributed by atoms with Gasteiger partial charge in [-0.05, 0) is 54.1 Å². The topological polar surface area (TPSA) is 57.1 Å². The molecule has 0 unspecified atom stereocenters. The quantitative estimate of drug-likeness (QED) is 0.382. The number of carbonyl (C=O) groups excluding carboxylic acids is 1. The normalized spacial score (nSPS) is 14.4. The minimum atomic E-state index is -0.561. The van der Waals surface area contributed by atoms with Crippen LogP contribution in [0.5, 0.6) is 11.5 Å². The molecular formula is C24H17ClFNO4. The molecule has 156 valence electrons. The summed E-state index contributed by atoms with van der Waals surface area (Å²) in [7, 11) is 1.51. The van der Waals surface area contributed by atoms with Gasteiger partial charge < -0.3 is 14.2 Å². The van der Waals surface area contributed by atoms with Crippen LogP contribution in [-0.2, 0) is 16.1 Å². The van der Waals surface area contributed by atoms with E-state index in [0.717, 1.165) is 0 Å². The molecule has 0 saturated carbocycles. The van der Waals surface area contributed by atoms with Gasteiger partial charge in [-0.25, -0.2) is 14.2 Å². The second-order valence-electron chi connectivity index (χ2n) is 6.63. The van der Waals surface area contributed by atoms with E-state index < -0.39 is 5.97 Å². The number of halogens is 2. The van der Waals surface area contributed by atoms with E-state index in [1.807, 2.05) is 0 Å². The largest absolute Gasteiger partial charge is 0.493 e. The Balaban J connectivity index is 1.58. The van der Waals surface area contributed by atoms with E-state index in [1.165, 1.54) is 13.2 Å². The minimum Gasteiger partial charge on any atom is -0.493 e. The summed E-state index contributed by atoms with van der Waals surface area (Å²) in [6, 6.07) is 18.4. The lowest BCUT2D eigenvalue weighted by Crippen LogP contribution is -2.05. The molecule has 0 saturated heterocycles. The molecule has 0 spiro atoms.